The molecule has 1 rings (SSSR count). The molecule has 0 amide bonds. The predicted octanol–water partition coefficient (Wildman–Crippen LogP) is 1.97. The molecular weight excluding hydrogens is 162 g/mol. The number of aryl methyl sites for hydroxylation is 1. The highest BCUT2D eigenvalue weighted by Gasteiger charge is 2.06. The minimum absolute atomic E-state index is 0.388. The molecule has 1 aromatic heterocycles. The molecule has 0 saturated heterocycles. The van der Waals surface area contributed by atoms with E-state index in [-0.39, 0.29) is 0 Å². The Morgan fingerprint density at radius 2 is 1.85 bits per heavy atom. The van der Waals surface area contributed by atoms with E-state index in [0.717, 1.165) is 17.3 Å². The Bertz CT molecular complexity index is 266. The lowest BCUT2D eigenvalue weighted by Crippen LogP contribution is -2.13. The maximum absolute atomic E-state index is 4.45. The molecule has 0 aliphatic heterocycles. The van der Waals surface area contributed by atoms with Crippen LogP contribution in [-0.2, 0) is 0 Å². The van der Waals surface area contributed by atoms with Crippen LogP contribution in [0.15, 0.2) is 6.07 Å². The Kier molecular flexibility index (Phi) is 2.86. The van der Waals surface area contributed by atoms with E-state index in [4.69, 9.17) is 0 Å². The molecule has 0 aliphatic rings. The molecule has 0 bridgehead atoms. The SMILES string of the molecule is Cc1cc(N(C)C)nc(C(C)C)n1. The Morgan fingerprint density at radius 1 is 1.23 bits per heavy atom. The van der Waals surface area contributed by atoms with E-state index < -0.39 is 0 Å². The molecule has 0 atom stereocenters. The zero-order chi connectivity index (χ0) is 10.0. The summed E-state index contributed by atoms with van der Waals surface area (Å²) in [4.78, 5) is 10.8. The van der Waals surface area contributed by atoms with Crippen molar-refractivity contribution in [2.75, 3.05) is 19.0 Å². The molecule has 72 valence electrons. The highest BCUT2D eigenvalue weighted by molar-refractivity contribution is 5.37. The van der Waals surface area contributed by atoms with Crippen molar-refractivity contribution < 1.29 is 0 Å². The number of anilines is 1. The van der Waals surface area contributed by atoms with E-state index in [9.17, 15) is 0 Å². The van der Waals surface area contributed by atoms with Gasteiger partial charge in [0.15, 0.2) is 0 Å². The normalized spacial score (nSPS) is 10.6. The van der Waals surface area contributed by atoms with Crippen LogP contribution >= 0.6 is 0 Å². The minimum Gasteiger partial charge on any atom is -0.363 e. The maximum atomic E-state index is 4.45. The van der Waals surface area contributed by atoms with Crippen molar-refractivity contribution >= 4 is 5.82 Å². The van der Waals surface area contributed by atoms with Crippen molar-refractivity contribution in [3.63, 3.8) is 0 Å². The van der Waals surface area contributed by atoms with Gasteiger partial charge in [-0.1, -0.05) is 13.8 Å². The lowest BCUT2D eigenvalue weighted by Gasteiger charge is -2.14. The van der Waals surface area contributed by atoms with Crippen LogP contribution < -0.4 is 4.90 Å². The van der Waals surface area contributed by atoms with Crippen molar-refractivity contribution in [1.82, 2.24) is 9.97 Å². The average Bonchev–Trinajstić information content (AvgIpc) is 2.03. The second kappa shape index (κ2) is 3.73. The Hall–Kier alpha value is -1.12. The Morgan fingerprint density at radius 3 is 2.31 bits per heavy atom. The van der Waals surface area contributed by atoms with Crippen molar-refractivity contribution in [2.24, 2.45) is 0 Å². The number of hydrogen-bond acceptors (Lipinski definition) is 3. The summed E-state index contributed by atoms with van der Waals surface area (Å²) >= 11 is 0. The van der Waals surface area contributed by atoms with Gasteiger partial charge in [0.05, 0.1) is 0 Å². The van der Waals surface area contributed by atoms with E-state index in [1.54, 1.807) is 0 Å². The van der Waals surface area contributed by atoms with Crippen LogP contribution in [0.2, 0.25) is 0 Å². The summed E-state index contributed by atoms with van der Waals surface area (Å²) in [5, 5.41) is 0. The topological polar surface area (TPSA) is 29.0 Å². The largest absolute Gasteiger partial charge is 0.363 e. The van der Waals surface area contributed by atoms with Gasteiger partial charge in [-0.15, -0.1) is 0 Å². The first-order valence-electron chi connectivity index (χ1n) is 4.53. The maximum Gasteiger partial charge on any atom is 0.133 e. The molecule has 0 radical (unpaired) electrons. The Balaban J connectivity index is 3.11. The van der Waals surface area contributed by atoms with Gasteiger partial charge >= 0.3 is 0 Å². The van der Waals surface area contributed by atoms with Gasteiger partial charge in [-0.25, -0.2) is 9.97 Å². The van der Waals surface area contributed by atoms with Crippen LogP contribution in [0.3, 0.4) is 0 Å². The highest BCUT2D eigenvalue weighted by Crippen LogP contribution is 2.14. The first-order valence-corrected chi connectivity index (χ1v) is 4.53. The van der Waals surface area contributed by atoms with E-state index >= 15 is 0 Å². The van der Waals surface area contributed by atoms with E-state index in [2.05, 4.69) is 23.8 Å². The Labute approximate surface area is 79.8 Å². The predicted molar refractivity (Wildman–Crippen MR) is 55.2 cm³/mol. The van der Waals surface area contributed by atoms with Gasteiger partial charge in [0.1, 0.15) is 11.6 Å². The third-order valence-electron chi connectivity index (χ3n) is 1.83. The van der Waals surface area contributed by atoms with Crippen molar-refractivity contribution in [2.45, 2.75) is 26.7 Å². The van der Waals surface area contributed by atoms with Crippen LogP contribution in [0, 0.1) is 6.92 Å². The first-order chi connectivity index (χ1) is 6.00. The van der Waals surface area contributed by atoms with Gasteiger partial charge in [0.2, 0.25) is 0 Å². The third kappa shape index (κ3) is 2.41. The molecule has 0 N–H and O–H groups in total. The van der Waals surface area contributed by atoms with Crippen LogP contribution in [0.1, 0.15) is 31.3 Å². The van der Waals surface area contributed by atoms with Crippen LogP contribution in [0.25, 0.3) is 0 Å². The summed E-state index contributed by atoms with van der Waals surface area (Å²) in [6.07, 6.45) is 0. The van der Waals surface area contributed by atoms with Crippen molar-refractivity contribution in [3.8, 4) is 0 Å². The molecule has 0 unspecified atom stereocenters. The lowest BCUT2D eigenvalue weighted by molar-refractivity contribution is 0.762. The second-order valence-corrected chi connectivity index (χ2v) is 3.77. The summed E-state index contributed by atoms with van der Waals surface area (Å²) in [6.45, 7) is 6.21. The molecule has 0 spiro atoms. The van der Waals surface area contributed by atoms with Gasteiger partial charge in [0.25, 0.3) is 0 Å². The standard InChI is InChI=1S/C10H17N3/c1-7(2)10-11-8(3)6-9(12-10)13(4)5/h6-7H,1-5H3. The molecule has 3 heteroatoms. The lowest BCUT2D eigenvalue weighted by atomic mass is 10.2. The molecule has 1 aromatic rings. The third-order valence-corrected chi connectivity index (χ3v) is 1.83. The summed E-state index contributed by atoms with van der Waals surface area (Å²) < 4.78 is 0. The summed E-state index contributed by atoms with van der Waals surface area (Å²) in [5.41, 5.74) is 1.03. The molecular formula is C10H17N3. The molecule has 13 heavy (non-hydrogen) atoms. The minimum atomic E-state index is 0.388. The summed E-state index contributed by atoms with van der Waals surface area (Å²) in [7, 11) is 3.98. The molecule has 0 fully saturated rings. The fourth-order valence-corrected chi connectivity index (χ4v) is 1.06. The monoisotopic (exact) mass is 179 g/mol. The van der Waals surface area contributed by atoms with Gasteiger partial charge in [0, 0.05) is 31.8 Å². The molecule has 0 saturated carbocycles. The van der Waals surface area contributed by atoms with E-state index in [0.29, 0.717) is 5.92 Å². The van der Waals surface area contributed by atoms with E-state index in [1.807, 2.05) is 32.0 Å². The molecule has 1 heterocycles. The average molecular weight is 179 g/mol. The molecule has 3 nitrogen and oxygen atoms in total. The molecule has 0 aliphatic carbocycles. The van der Waals surface area contributed by atoms with Gasteiger partial charge in [-0.2, -0.15) is 0 Å². The van der Waals surface area contributed by atoms with Gasteiger partial charge < -0.3 is 4.90 Å². The van der Waals surface area contributed by atoms with Crippen LogP contribution in [0.4, 0.5) is 5.82 Å². The van der Waals surface area contributed by atoms with Crippen molar-refractivity contribution in [3.05, 3.63) is 17.6 Å². The fraction of sp³-hybridized carbons (Fsp3) is 0.600. The zero-order valence-electron chi connectivity index (χ0n) is 9.00. The highest BCUT2D eigenvalue weighted by atomic mass is 15.1. The van der Waals surface area contributed by atoms with Crippen LogP contribution in [0.5, 0.6) is 0 Å². The van der Waals surface area contributed by atoms with Gasteiger partial charge in [-0.05, 0) is 6.92 Å². The number of rotatable bonds is 2. The quantitative estimate of drug-likeness (QED) is 0.695. The van der Waals surface area contributed by atoms with E-state index in [1.165, 1.54) is 0 Å². The fourth-order valence-electron chi connectivity index (χ4n) is 1.06. The number of hydrogen-bond donors (Lipinski definition) is 0. The van der Waals surface area contributed by atoms with Crippen molar-refractivity contribution in [1.29, 1.82) is 0 Å². The second-order valence-electron chi connectivity index (χ2n) is 3.77. The van der Waals surface area contributed by atoms with Crippen LogP contribution in [-0.4, -0.2) is 24.1 Å². The number of nitrogens with zero attached hydrogens (tertiary/aromatic N) is 3. The zero-order valence-corrected chi connectivity index (χ0v) is 9.00. The van der Waals surface area contributed by atoms with Gasteiger partial charge in [-0.3, -0.25) is 0 Å². The first kappa shape index (κ1) is 9.96. The molecule has 0 aromatic carbocycles. The smallest absolute Gasteiger partial charge is 0.133 e. The summed E-state index contributed by atoms with van der Waals surface area (Å²) in [6, 6.07) is 1.99. The summed E-state index contributed by atoms with van der Waals surface area (Å²) in [5.74, 6) is 2.29. The number of aromatic nitrogens is 2.